The maximum absolute atomic E-state index is 6.78. The zero-order chi connectivity index (χ0) is 24.8. The molecule has 0 fully saturated rings. The Morgan fingerprint density at radius 3 is 2.03 bits per heavy atom. The number of unbranched alkanes of at least 4 members (excludes halogenated alkanes) is 2. The van der Waals surface area contributed by atoms with Crippen LogP contribution in [0, 0.1) is 5.92 Å². The van der Waals surface area contributed by atoms with Gasteiger partial charge in [-0.2, -0.15) is 0 Å². The Morgan fingerprint density at radius 2 is 1.58 bits per heavy atom. The van der Waals surface area contributed by atoms with Crippen LogP contribution in [-0.4, -0.2) is 27.6 Å². The van der Waals surface area contributed by atoms with Gasteiger partial charge >= 0.3 is 0 Å². The first-order valence-electron chi connectivity index (χ1n) is 12.4. The van der Waals surface area contributed by atoms with E-state index in [0.717, 1.165) is 42.7 Å². The van der Waals surface area contributed by atoms with E-state index in [4.69, 9.17) is 32.1 Å². The molecule has 0 amide bonds. The number of rotatable bonds is 12. The van der Waals surface area contributed by atoms with Crippen molar-refractivity contribution in [2.45, 2.75) is 91.4 Å². The van der Waals surface area contributed by atoms with Crippen molar-refractivity contribution < 1.29 is 8.85 Å². The fourth-order valence-electron chi connectivity index (χ4n) is 4.43. The average molecular weight is 528 g/mol. The predicted molar refractivity (Wildman–Crippen MR) is 151 cm³/mol. The molecule has 0 heterocycles. The van der Waals surface area contributed by atoms with E-state index in [9.17, 15) is 0 Å². The molecule has 6 heteroatoms. The normalized spacial score (nSPS) is 19.2. The van der Waals surface area contributed by atoms with E-state index in [-0.39, 0.29) is 5.92 Å². The van der Waals surface area contributed by atoms with Gasteiger partial charge in [-0.3, -0.25) is 0 Å². The van der Waals surface area contributed by atoms with Crippen molar-refractivity contribution in [1.82, 2.24) is 0 Å². The maximum atomic E-state index is 6.78. The Kier molecular flexibility index (Phi) is 10.7. The second-order valence-corrected chi connectivity index (χ2v) is 20.6. The van der Waals surface area contributed by atoms with Gasteiger partial charge in [0.05, 0.1) is 11.0 Å². The summed E-state index contributed by atoms with van der Waals surface area (Å²) < 4.78 is 13.6. The number of hydrogen-bond acceptors (Lipinski definition) is 2. The highest BCUT2D eigenvalue weighted by Gasteiger charge is 2.35. The topological polar surface area (TPSA) is 18.5 Å². The first kappa shape index (κ1) is 28.6. The number of alkyl halides is 2. The van der Waals surface area contributed by atoms with Crippen molar-refractivity contribution in [2.75, 3.05) is 11.0 Å². The highest BCUT2D eigenvalue weighted by Crippen LogP contribution is 2.48. The summed E-state index contributed by atoms with van der Waals surface area (Å²) in [5.74, 6) is 2.47. The third-order valence-electron chi connectivity index (χ3n) is 6.36. The number of hydrogen-bond donors (Lipinski definition) is 0. The monoisotopic (exact) mass is 526 g/mol. The van der Waals surface area contributed by atoms with E-state index in [2.05, 4.69) is 71.7 Å². The minimum atomic E-state index is -2.08. The molecule has 1 aromatic carbocycles. The lowest BCUT2D eigenvalue weighted by Gasteiger charge is -2.36. The van der Waals surface area contributed by atoms with Crippen LogP contribution >= 0.6 is 23.2 Å². The molecule has 0 aliphatic heterocycles. The molecule has 1 aliphatic carbocycles. The average Bonchev–Trinajstić information content (AvgIpc) is 2.73. The molecule has 2 unspecified atom stereocenters. The quantitative estimate of drug-likeness (QED) is 0.117. The molecule has 0 saturated carbocycles. The summed E-state index contributed by atoms with van der Waals surface area (Å²) >= 11 is 12.7. The fourth-order valence-corrected chi connectivity index (χ4v) is 6.40. The van der Waals surface area contributed by atoms with Gasteiger partial charge in [-0.1, -0.05) is 43.6 Å². The number of aryl methyl sites for hydroxylation is 1. The molecule has 2 rings (SSSR count). The van der Waals surface area contributed by atoms with Crippen LogP contribution in [0.1, 0.15) is 69.9 Å². The minimum absolute atomic E-state index is 0.186. The van der Waals surface area contributed by atoms with Crippen LogP contribution in [0.2, 0.25) is 26.2 Å². The predicted octanol–water partition coefficient (Wildman–Crippen LogP) is 9.16. The molecule has 186 valence electrons. The fraction of sp³-hybridized carbons (Fsp3) is 0.630. The Bertz CT molecular complexity index is 810. The summed E-state index contributed by atoms with van der Waals surface area (Å²) in [4.78, 5) is 0. The van der Waals surface area contributed by atoms with Crippen LogP contribution in [-0.2, 0) is 6.42 Å². The SMILES string of the molecule is C=C(C)C1CCC(C)=CC1c1c(O[Si](C)(C)CCl)cc(CCCCC)cc1O[Si](C)(C)CCl. The molecule has 1 aromatic rings. The van der Waals surface area contributed by atoms with Crippen molar-refractivity contribution in [3.05, 3.63) is 47.1 Å². The van der Waals surface area contributed by atoms with Gasteiger partial charge in [0.1, 0.15) is 11.5 Å². The van der Waals surface area contributed by atoms with Gasteiger partial charge in [-0.05, 0) is 89.3 Å². The summed E-state index contributed by atoms with van der Waals surface area (Å²) in [6.07, 6.45) is 9.24. The highest BCUT2D eigenvalue weighted by atomic mass is 35.5. The van der Waals surface area contributed by atoms with Crippen LogP contribution in [0.3, 0.4) is 0 Å². The van der Waals surface area contributed by atoms with E-state index < -0.39 is 16.6 Å². The summed E-state index contributed by atoms with van der Waals surface area (Å²) in [5, 5.41) is 0. The Hall–Kier alpha value is -0.686. The molecule has 33 heavy (non-hydrogen) atoms. The number of allylic oxidation sites excluding steroid dienone is 3. The minimum Gasteiger partial charge on any atom is -0.543 e. The lowest BCUT2D eigenvalue weighted by Crippen LogP contribution is -2.39. The molecular weight excluding hydrogens is 483 g/mol. The van der Waals surface area contributed by atoms with Crippen LogP contribution in [0.5, 0.6) is 11.5 Å². The molecule has 2 nitrogen and oxygen atoms in total. The first-order chi connectivity index (χ1) is 15.4. The van der Waals surface area contributed by atoms with Gasteiger partial charge in [0.25, 0.3) is 16.6 Å². The number of benzene rings is 1. The zero-order valence-electron chi connectivity index (χ0n) is 21.8. The van der Waals surface area contributed by atoms with E-state index in [1.807, 2.05) is 0 Å². The molecular formula is C27H44Cl2O2Si2. The van der Waals surface area contributed by atoms with Gasteiger partial charge in [0.2, 0.25) is 0 Å². The molecule has 0 spiro atoms. The molecule has 1 aliphatic rings. The molecule has 0 N–H and O–H groups in total. The second kappa shape index (κ2) is 12.3. The van der Waals surface area contributed by atoms with Gasteiger partial charge in [0, 0.05) is 11.5 Å². The van der Waals surface area contributed by atoms with E-state index in [1.165, 1.54) is 29.6 Å². The van der Waals surface area contributed by atoms with Crippen molar-refractivity contribution in [3.63, 3.8) is 0 Å². The third-order valence-corrected chi connectivity index (χ3v) is 13.1. The largest absolute Gasteiger partial charge is 0.543 e. The summed E-state index contributed by atoms with van der Waals surface area (Å²) in [6, 6.07) is 4.53. The Balaban J connectivity index is 2.74. The molecule has 0 bridgehead atoms. The van der Waals surface area contributed by atoms with E-state index >= 15 is 0 Å². The van der Waals surface area contributed by atoms with Crippen LogP contribution in [0.15, 0.2) is 35.9 Å². The van der Waals surface area contributed by atoms with Gasteiger partial charge in [-0.25, -0.2) is 0 Å². The summed E-state index contributed by atoms with van der Waals surface area (Å²) in [7, 11) is -4.16. The van der Waals surface area contributed by atoms with E-state index in [1.54, 1.807) is 0 Å². The molecule has 0 saturated heterocycles. The summed E-state index contributed by atoms with van der Waals surface area (Å²) in [5.41, 5.74) is 6.18. The Morgan fingerprint density at radius 1 is 1.03 bits per heavy atom. The molecule has 0 radical (unpaired) electrons. The van der Waals surface area contributed by atoms with Crippen LogP contribution in [0.4, 0.5) is 0 Å². The van der Waals surface area contributed by atoms with Gasteiger partial charge < -0.3 is 8.85 Å². The van der Waals surface area contributed by atoms with Crippen molar-refractivity contribution >= 4 is 39.8 Å². The molecule has 2 atom stereocenters. The first-order valence-corrected chi connectivity index (χ1v) is 19.7. The van der Waals surface area contributed by atoms with Gasteiger partial charge in [-0.15, -0.1) is 23.2 Å². The smallest absolute Gasteiger partial charge is 0.259 e. The zero-order valence-corrected chi connectivity index (χ0v) is 25.3. The van der Waals surface area contributed by atoms with Crippen molar-refractivity contribution in [1.29, 1.82) is 0 Å². The highest BCUT2D eigenvalue weighted by molar-refractivity contribution is 6.78. The lowest BCUT2D eigenvalue weighted by atomic mass is 9.73. The van der Waals surface area contributed by atoms with Crippen LogP contribution in [0.25, 0.3) is 0 Å². The number of halogens is 2. The summed E-state index contributed by atoms with van der Waals surface area (Å²) in [6.45, 7) is 19.7. The lowest BCUT2D eigenvalue weighted by molar-refractivity contribution is 0.447. The van der Waals surface area contributed by atoms with Crippen LogP contribution < -0.4 is 8.85 Å². The van der Waals surface area contributed by atoms with Gasteiger partial charge in [0.15, 0.2) is 0 Å². The third kappa shape index (κ3) is 8.19. The maximum Gasteiger partial charge on any atom is 0.259 e. The van der Waals surface area contributed by atoms with E-state index in [0.29, 0.717) is 16.9 Å². The molecule has 0 aromatic heterocycles. The second-order valence-electron chi connectivity index (χ2n) is 11.0. The van der Waals surface area contributed by atoms with Crippen molar-refractivity contribution in [3.8, 4) is 11.5 Å². The Labute approximate surface area is 215 Å². The standard InChI is InChI=1S/C27H44Cl2O2Si2/c1-9-10-11-12-22-16-25(30-32(5,6)18-28)27(26(17-22)31-33(7,8)19-29)24-15-21(4)13-14-23(24)20(2)3/h15-17,23-24H,2,9-14,18-19H2,1,3-8H3. The van der Waals surface area contributed by atoms with Crippen molar-refractivity contribution in [2.24, 2.45) is 5.92 Å².